The third kappa shape index (κ3) is 3.62. The Morgan fingerprint density at radius 2 is 1.86 bits per heavy atom. The molecule has 2 aromatic carbocycles. The van der Waals surface area contributed by atoms with Gasteiger partial charge in [-0.3, -0.25) is 9.59 Å². The van der Waals surface area contributed by atoms with E-state index in [4.69, 9.17) is 4.98 Å². The Morgan fingerprint density at radius 1 is 1.14 bits per heavy atom. The Kier molecular flexibility index (Phi) is 5.09. The first kappa shape index (κ1) is 19.2. The molecule has 0 spiro atoms. The topological polar surface area (TPSA) is 67.2 Å². The van der Waals surface area contributed by atoms with Gasteiger partial charge in [0, 0.05) is 32.1 Å². The van der Waals surface area contributed by atoms with Gasteiger partial charge in [0.25, 0.3) is 5.91 Å². The lowest BCUT2D eigenvalue weighted by Crippen LogP contribution is -2.36. The zero-order chi connectivity index (χ0) is 20.5. The third-order valence-electron chi connectivity index (χ3n) is 5.59. The zero-order valence-corrected chi connectivity index (χ0v) is 17.1. The monoisotopic (exact) mass is 390 g/mol. The molecule has 0 saturated carbocycles. The minimum atomic E-state index is -0.189. The van der Waals surface area contributed by atoms with Crippen LogP contribution >= 0.6 is 0 Å². The van der Waals surface area contributed by atoms with Crippen molar-refractivity contribution in [3.05, 3.63) is 65.5 Å². The molecule has 0 aliphatic carbocycles. The molecule has 1 aromatic heterocycles. The highest BCUT2D eigenvalue weighted by Gasteiger charge is 2.28. The number of hydrogen-bond acceptors (Lipinski definition) is 3. The summed E-state index contributed by atoms with van der Waals surface area (Å²) in [6, 6.07) is 15.4. The van der Waals surface area contributed by atoms with Crippen molar-refractivity contribution in [2.45, 2.75) is 32.9 Å². The molecule has 6 nitrogen and oxygen atoms in total. The van der Waals surface area contributed by atoms with E-state index in [-0.39, 0.29) is 30.2 Å². The summed E-state index contributed by atoms with van der Waals surface area (Å²) in [6.07, 6.45) is 0.271. The highest BCUT2D eigenvalue weighted by atomic mass is 16.2. The van der Waals surface area contributed by atoms with Crippen LogP contribution in [-0.4, -0.2) is 32.8 Å². The van der Waals surface area contributed by atoms with Crippen molar-refractivity contribution >= 4 is 22.8 Å². The van der Waals surface area contributed by atoms with Crippen molar-refractivity contribution < 1.29 is 9.59 Å². The molecular weight excluding hydrogens is 364 g/mol. The van der Waals surface area contributed by atoms with E-state index in [0.717, 1.165) is 28.0 Å². The van der Waals surface area contributed by atoms with E-state index in [1.54, 1.807) is 4.90 Å². The maximum Gasteiger partial charge on any atom is 0.254 e. The number of carbonyl (C=O) groups excluding carboxylic acids is 2. The molecule has 1 N–H and O–H groups in total. The molecule has 1 aliphatic rings. The lowest BCUT2D eigenvalue weighted by Gasteiger charge is -2.23. The SMILES string of the molecule is CC(C)[C@H](NC(=O)CCN1Cc2ccccc2C1=O)c1nc2ccccc2n1C. The second-order valence-corrected chi connectivity index (χ2v) is 7.94. The molecule has 29 heavy (non-hydrogen) atoms. The lowest BCUT2D eigenvalue weighted by atomic mass is 10.0. The zero-order valence-electron chi connectivity index (χ0n) is 17.1. The van der Waals surface area contributed by atoms with Crippen molar-refractivity contribution in [2.75, 3.05) is 6.54 Å². The van der Waals surface area contributed by atoms with Crippen molar-refractivity contribution in [1.82, 2.24) is 19.8 Å². The van der Waals surface area contributed by atoms with Crippen LogP contribution in [0.15, 0.2) is 48.5 Å². The minimum absolute atomic E-state index is 0.00385. The van der Waals surface area contributed by atoms with Crippen molar-refractivity contribution in [1.29, 1.82) is 0 Å². The second-order valence-electron chi connectivity index (χ2n) is 7.94. The molecule has 4 rings (SSSR count). The van der Waals surface area contributed by atoms with Gasteiger partial charge >= 0.3 is 0 Å². The summed E-state index contributed by atoms with van der Waals surface area (Å²) >= 11 is 0. The summed E-state index contributed by atoms with van der Waals surface area (Å²) in [5.41, 5.74) is 3.73. The fraction of sp³-hybridized carbons (Fsp3) is 0.348. The summed E-state index contributed by atoms with van der Waals surface area (Å²) in [4.78, 5) is 31.7. The number of aromatic nitrogens is 2. The third-order valence-corrected chi connectivity index (χ3v) is 5.59. The Morgan fingerprint density at radius 3 is 2.59 bits per heavy atom. The van der Waals surface area contributed by atoms with Gasteiger partial charge in [0.1, 0.15) is 5.82 Å². The minimum Gasteiger partial charge on any atom is -0.346 e. The number of fused-ring (bicyclic) bond motifs is 2. The predicted molar refractivity (Wildman–Crippen MR) is 112 cm³/mol. The van der Waals surface area contributed by atoms with E-state index < -0.39 is 0 Å². The number of para-hydroxylation sites is 2. The van der Waals surface area contributed by atoms with Crippen LogP contribution in [0.2, 0.25) is 0 Å². The molecule has 150 valence electrons. The molecule has 0 unspecified atom stereocenters. The number of carbonyl (C=O) groups is 2. The second kappa shape index (κ2) is 7.70. The lowest BCUT2D eigenvalue weighted by molar-refractivity contribution is -0.122. The number of amides is 2. The molecule has 1 atom stereocenters. The van der Waals surface area contributed by atoms with Crippen LogP contribution in [0.1, 0.15) is 48.1 Å². The summed E-state index contributed by atoms with van der Waals surface area (Å²) in [5, 5.41) is 3.13. The number of imidazole rings is 1. The molecule has 6 heteroatoms. The summed E-state index contributed by atoms with van der Waals surface area (Å²) in [5.74, 6) is 0.968. The summed E-state index contributed by atoms with van der Waals surface area (Å²) < 4.78 is 2.04. The Bertz CT molecular complexity index is 1070. The molecule has 3 aromatic rings. The van der Waals surface area contributed by atoms with Crippen LogP contribution in [0, 0.1) is 5.92 Å². The Balaban J connectivity index is 1.43. The molecule has 0 fully saturated rings. The largest absolute Gasteiger partial charge is 0.346 e. The number of nitrogens with one attached hydrogen (secondary N) is 1. The highest BCUT2D eigenvalue weighted by molar-refractivity contribution is 5.98. The normalized spacial score (nSPS) is 14.5. The van der Waals surface area contributed by atoms with Crippen molar-refractivity contribution in [3.8, 4) is 0 Å². The van der Waals surface area contributed by atoms with Gasteiger partial charge in [-0.15, -0.1) is 0 Å². The number of rotatable bonds is 6. The molecule has 0 saturated heterocycles. The number of benzene rings is 2. The summed E-state index contributed by atoms with van der Waals surface area (Å²) in [7, 11) is 1.98. The van der Waals surface area contributed by atoms with Crippen LogP contribution in [0.25, 0.3) is 11.0 Å². The van der Waals surface area contributed by atoms with Gasteiger partial charge in [0.15, 0.2) is 0 Å². The van der Waals surface area contributed by atoms with Crippen molar-refractivity contribution in [3.63, 3.8) is 0 Å². The van der Waals surface area contributed by atoms with Gasteiger partial charge < -0.3 is 14.8 Å². The molecule has 0 radical (unpaired) electrons. The standard InChI is InChI=1S/C23H26N4O2/c1-15(2)21(22-24-18-10-6-7-11-19(18)26(22)3)25-20(28)12-13-27-14-16-8-4-5-9-17(16)23(27)29/h4-11,15,21H,12-14H2,1-3H3,(H,25,28)/t21-/m0/s1. The number of aryl methyl sites for hydroxylation is 1. The van der Waals surface area contributed by atoms with E-state index in [1.807, 2.05) is 60.1 Å². The summed E-state index contributed by atoms with van der Waals surface area (Å²) in [6.45, 7) is 5.13. The smallest absolute Gasteiger partial charge is 0.254 e. The molecular formula is C23H26N4O2. The van der Waals surface area contributed by atoms with Crippen molar-refractivity contribution in [2.24, 2.45) is 13.0 Å². The first-order chi connectivity index (χ1) is 14.0. The quantitative estimate of drug-likeness (QED) is 0.701. The van der Waals surface area contributed by atoms with Gasteiger partial charge in [0.05, 0.1) is 17.1 Å². The Labute approximate surface area is 170 Å². The number of hydrogen-bond donors (Lipinski definition) is 1. The predicted octanol–water partition coefficient (Wildman–Crippen LogP) is 3.43. The van der Waals surface area contributed by atoms with E-state index in [9.17, 15) is 9.59 Å². The van der Waals surface area contributed by atoms with Crippen LogP contribution < -0.4 is 5.32 Å². The van der Waals surface area contributed by atoms with E-state index in [0.29, 0.717) is 13.1 Å². The van der Waals surface area contributed by atoms with Crippen LogP contribution in [0.5, 0.6) is 0 Å². The molecule has 1 aliphatic heterocycles. The van der Waals surface area contributed by atoms with E-state index in [1.165, 1.54) is 0 Å². The average Bonchev–Trinajstić information content (AvgIpc) is 3.22. The van der Waals surface area contributed by atoms with Gasteiger partial charge in [-0.25, -0.2) is 4.98 Å². The first-order valence-electron chi connectivity index (χ1n) is 10.0. The van der Waals surface area contributed by atoms with Crippen LogP contribution in [0.4, 0.5) is 0 Å². The number of nitrogens with zero attached hydrogens (tertiary/aromatic N) is 3. The van der Waals surface area contributed by atoms with Gasteiger partial charge in [0.2, 0.25) is 5.91 Å². The van der Waals surface area contributed by atoms with Crippen LogP contribution in [0.3, 0.4) is 0 Å². The molecule has 0 bridgehead atoms. The molecule has 2 heterocycles. The maximum absolute atomic E-state index is 12.7. The molecule has 2 amide bonds. The van der Waals surface area contributed by atoms with Gasteiger partial charge in [-0.1, -0.05) is 44.2 Å². The fourth-order valence-electron chi connectivity index (χ4n) is 3.95. The average molecular weight is 390 g/mol. The van der Waals surface area contributed by atoms with E-state index in [2.05, 4.69) is 19.2 Å². The van der Waals surface area contributed by atoms with Gasteiger partial charge in [-0.2, -0.15) is 0 Å². The van der Waals surface area contributed by atoms with E-state index >= 15 is 0 Å². The first-order valence-corrected chi connectivity index (χ1v) is 10.0. The maximum atomic E-state index is 12.7. The highest BCUT2D eigenvalue weighted by Crippen LogP contribution is 2.25. The fourth-order valence-corrected chi connectivity index (χ4v) is 3.95. The van der Waals surface area contributed by atoms with Gasteiger partial charge in [-0.05, 0) is 29.7 Å². The Hall–Kier alpha value is -3.15. The van der Waals surface area contributed by atoms with Crippen LogP contribution in [-0.2, 0) is 18.4 Å².